The Morgan fingerprint density at radius 2 is 1.84 bits per heavy atom. The highest BCUT2D eigenvalue weighted by molar-refractivity contribution is 7.87. The molecule has 1 heterocycles. The van der Waals surface area contributed by atoms with Crippen LogP contribution in [0, 0.1) is 11.8 Å². The van der Waals surface area contributed by atoms with E-state index in [9.17, 15) is 13.2 Å². The van der Waals surface area contributed by atoms with E-state index in [0.717, 1.165) is 32.1 Å². The zero-order valence-corrected chi connectivity index (χ0v) is 11.9. The largest absolute Gasteiger partial charge is 0.481 e. The second kappa shape index (κ2) is 6.19. The number of rotatable bonds is 5. The van der Waals surface area contributed by atoms with Crippen molar-refractivity contribution in [3.63, 3.8) is 0 Å². The van der Waals surface area contributed by atoms with E-state index in [2.05, 4.69) is 4.72 Å². The van der Waals surface area contributed by atoms with E-state index in [1.54, 1.807) is 0 Å². The number of hydrogen-bond donors (Lipinski definition) is 2. The summed E-state index contributed by atoms with van der Waals surface area (Å²) < 4.78 is 28.2. The molecule has 7 heteroatoms. The Hall–Kier alpha value is -0.660. The first-order valence-corrected chi connectivity index (χ1v) is 8.42. The van der Waals surface area contributed by atoms with Gasteiger partial charge in [-0.3, -0.25) is 4.79 Å². The molecule has 0 spiro atoms. The summed E-state index contributed by atoms with van der Waals surface area (Å²) in [5.41, 5.74) is 0. The number of nitrogens with one attached hydrogen (secondary N) is 1. The molecule has 1 aliphatic heterocycles. The van der Waals surface area contributed by atoms with Gasteiger partial charge in [-0.15, -0.1) is 0 Å². The van der Waals surface area contributed by atoms with Gasteiger partial charge in [0, 0.05) is 19.6 Å². The van der Waals surface area contributed by atoms with Gasteiger partial charge in [-0.2, -0.15) is 12.7 Å². The van der Waals surface area contributed by atoms with E-state index >= 15 is 0 Å². The number of piperidine rings is 1. The molecule has 0 aromatic heterocycles. The molecule has 2 atom stereocenters. The topological polar surface area (TPSA) is 86.7 Å². The first kappa shape index (κ1) is 14.7. The molecule has 1 aliphatic carbocycles. The van der Waals surface area contributed by atoms with E-state index in [0.29, 0.717) is 19.5 Å². The molecule has 6 nitrogen and oxygen atoms in total. The van der Waals surface area contributed by atoms with Gasteiger partial charge in [-0.25, -0.2) is 4.72 Å². The van der Waals surface area contributed by atoms with Gasteiger partial charge in [0.15, 0.2) is 0 Å². The second-order valence-electron chi connectivity index (χ2n) is 5.45. The molecule has 2 aliphatic rings. The van der Waals surface area contributed by atoms with Crippen LogP contribution in [0.1, 0.15) is 38.5 Å². The quantitative estimate of drug-likeness (QED) is 0.784. The molecule has 0 bridgehead atoms. The van der Waals surface area contributed by atoms with E-state index in [-0.39, 0.29) is 12.5 Å². The fourth-order valence-corrected chi connectivity index (χ4v) is 4.36. The molecule has 110 valence electrons. The molecular formula is C12H22N2O4S. The molecule has 19 heavy (non-hydrogen) atoms. The standard InChI is InChI=1S/C12H22N2O4S/c15-12(16)11-6-4-5-10(11)9-13-19(17,18)14-7-2-1-3-8-14/h10-11,13H,1-9H2,(H,15,16). The maximum absolute atomic E-state index is 12.1. The number of hydrogen-bond acceptors (Lipinski definition) is 3. The predicted molar refractivity (Wildman–Crippen MR) is 70.8 cm³/mol. The zero-order valence-electron chi connectivity index (χ0n) is 11.0. The fraction of sp³-hybridized carbons (Fsp3) is 0.917. The third-order valence-corrected chi connectivity index (χ3v) is 5.74. The van der Waals surface area contributed by atoms with Gasteiger partial charge in [-0.1, -0.05) is 12.8 Å². The molecule has 0 amide bonds. The third kappa shape index (κ3) is 3.67. The number of carboxylic acids is 1. The lowest BCUT2D eigenvalue weighted by Crippen LogP contribution is -2.45. The number of aliphatic carboxylic acids is 1. The second-order valence-corrected chi connectivity index (χ2v) is 7.20. The van der Waals surface area contributed by atoms with Crippen LogP contribution in [0.15, 0.2) is 0 Å². The lowest BCUT2D eigenvalue weighted by Gasteiger charge is -2.27. The zero-order chi connectivity index (χ0) is 13.9. The van der Waals surface area contributed by atoms with Gasteiger partial charge in [0.25, 0.3) is 10.2 Å². The summed E-state index contributed by atoms with van der Waals surface area (Å²) in [6.45, 7) is 1.39. The average Bonchev–Trinajstić information content (AvgIpc) is 2.86. The lowest BCUT2D eigenvalue weighted by atomic mass is 9.97. The van der Waals surface area contributed by atoms with Crippen LogP contribution in [0.2, 0.25) is 0 Å². The van der Waals surface area contributed by atoms with Crippen LogP contribution in [-0.2, 0) is 15.0 Å². The summed E-state index contributed by atoms with van der Waals surface area (Å²) in [4.78, 5) is 11.1. The van der Waals surface area contributed by atoms with Crippen LogP contribution in [0.3, 0.4) is 0 Å². The van der Waals surface area contributed by atoms with Gasteiger partial charge < -0.3 is 5.11 Å². The Kier molecular flexibility index (Phi) is 4.81. The van der Waals surface area contributed by atoms with Crippen LogP contribution in [0.4, 0.5) is 0 Å². The Balaban J connectivity index is 1.88. The Morgan fingerprint density at radius 3 is 2.47 bits per heavy atom. The smallest absolute Gasteiger partial charge is 0.306 e. The van der Waals surface area contributed by atoms with Crippen molar-refractivity contribution in [3.8, 4) is 0 Å². The van der Waals surface area contributed by atoms with Crippen LogP contribution in [0.25, 0.3) is 0 Å². The summed E-state index contributed by atoms with van der Waals surface area (Å²) >= 11 is 0. The minimum absolute atomic E-state index is 0.0722. The average molecular weight is 290 g/mol. The van der Waals surface area contributed by atoms with Crippen molar-refractivity contribution in [1.82, 2.24) is 9.03 Å². The highest BCUT2D eigenvalue weighted by atomic mass is 32.2. The lowest BCUT2D eigenvalue weighted by molar-refractivity contribution is -0.142. The molecule has 2 N–H and O–H groups in total. The van der Waals surface area contributed by atoms with Gasteiger partial charge in [0.1, 0.15) is 0 Å². The van der Waals surface area contributed by atoms with Gasteiger partial charge in [-0.05, 0) is 31.6 Å². The highest BCUT2D eigenvalue weighted by Crippen LogP contribution is 2.31. The minimum atomic E-state index is -3.43. The molecule has 1 saturated heterocycles. The van der Waals surface area contributed by atoms with Crippen LogP contribution in [-0.4, -0.2) is 43.4 Å². The molecular weight excluding hydrogens is 268 g/mol. The van der Waals surface area contributed by atoms with E-state index in [1.807, 2.05) is 0 Å². The highest BCUT2D eigenvalue weighted by Gasteiger charge is 2.34. The van der Waals surface area contributed by atoms with Crippen molar-refractivity contribution in [3.05, 3.63) is 0 Å². The van der Waals surface area contributed by atoms with E-state index < -0.39 is 22.1 Å². The molecule has 0 radical (unpaired) electrons. The van der Waals surface area contributed by atoms with Crippen LogP contribution in [0.5, 0.6) is 0 Å². The first-order chi connectivity index (χ1) is 9.00. The third-order valence-electron chi connectivity index (χ3n) is 4.16. The molecule has 1 saturated carbocycles. The summed E-state index contributed by atoms with van der Waals surface area (Å²) in [7, 11) is -3.43. The molecule has 0 aromatic rings. The van der Waals surface area contributed by atoms with Crippen molar-refractivity contribution in [2.24, 2.45) is 11.8 Å². The van der Waals surface area contributed by atoms with Crippen molar-refractivity contribution in [2.45, 2.75) is 38.5 Å². The van der Waals surface area contributed by atoms with Crippen molar-refractivity contribution in [2.75, 3.05) is 19.6 Å². The molecule has 0 aromatic carbocycles. The van der Waals surface area contributed by atoms with Gasteiger partial charge in [0.05, 0.1) is 5.92 Å². The predicted octanol–water partition coefficient (Wildman–Crippen LogP) is 0.808. The van der Waals surface area contributed by atoms with Crippen LogP contribution >= 0.6 is 0 Å². The van der Waals surface area contributed by atoms with Crippen molar-refractivity contribution in [1.29, 1.82) is 0 Å². The maximum atomic E-state index is 12.1. The Labute approximate surface area is 114 Å². The molecule has 2 unspecified atom stereocenters. The van der Waals surface area contributed by atoms with E-state index in [4.69, 9.17) is 5.11 Å². The molecule has 2 fully saturated rings. The van der Waals surface area contributed by atoms with Gasteiger partial charge >= 0.3 is 5.97 Å². The van der Waals surface area contributed by atoms with E-state index in [1.165, 1.54) is 4.31 Å². The summed E-state index contributed by atoms with van der Waals surface area (Å²) in [6, 6.07) is 0. The Bertz CT molecular complexity index is 417. The molecule has 2 rings (SSSR count). The number of carbonyl (C=O) groups is 1. The maximum Gasteiger partial charge on any atom is 0.306 e. The first-order valence-electron chi connectivity index (χ1n) is 6.98. The minimum Gasteiger partial charge on any atom is -0.481 e. The van der Waals surface area contributed by atoms with Crippen LogP contribution < -0.4 is 4.72 Å². The monoisotopic (exact) mass is 290 g/mol. The number of carboxylic acid groups (broad SMARTS) is 1. The summed E-state index contributed by atoms with van der Waals surface area (Å²) in [6.07, 6.45) is 5.21. The summed E-state index contributed by atoms with van der Waals surface area (Å²) in [5.74, 6) is -1.28. The fourth-order valence-electron chi connectivity index (χ4n) is 3.02. The normalized spacial score (nSPS) is 29.5. The van der Waals surface area contributed by atoms with Crippen molar-refractivity contribution >= 4 is 16.2 Å². The summed E-state index contributed by atoms with van der Waals surface area (Å²) in [5, 5.41) is 9.07. The SMILES string of the molecule is O=C(O)C1CCCC1CNS(=O)(=O)N1CCCCC1. The van der Waals surface area contributed by atoms with Gasteiger partial charge in [0.2, 0.25) is 0 Å². The Morgan fingerprint density at radius 1 is 1.16 bits per heavy atom. The number of nitrogens with zero attached hydrogens (tertiary/aromatic N) is 1. The van der Waals surface area contributed by atoms with Crippen molar-refractivity contribution < 1.29 is 18.3 Å².